The summed E-state index contributed by atoms with van der Waals surface area (Å²) in [4.78, 5) is 0. The van der Waals surface area contributed by atoms with Crippen LogP contribution in [-0.4, -0.2) is 25.9 Å². The first kappa shape index (κ1) is 15.0. The molecule has 18 heavy (non-hydrogen) atoms. The van der Waals surface area contributed by atoms with Gasteiger partial charge < -0.3 is 14.8 Å². The zero-order valence-electron chi connectivity index (χ0n) is 12.0. The lowest BCUT2D eigenvalue weighted by Gasteiger charge is -2.13. The van der Waals surface area contributed by atoms with E-state index in [4.69, 9.17) is 9.47 Å². The van der Waals surface area contributed by atoms with Gasteiger partial charge in [-0.25, -0.2) is 0 Å². The molecular weight excluding hydrogens is 226 g/mol. The Labute approximate surface area is 110 Å². The van der Waals surface area contributed by atoms with Gasteiger partial charge in [0.1, 0.15) is 12.4 Å². The van der Waals surface area contributed by atoms with Crippen molar-refractivity contribution in [2.75, 3.05) is 19.8 Å². The predicted molar refractivity (Wildman–Crippen MR) is 75.1 cm³/mol. The average Bonchev–Trinajstić information content (AvgIpc) is 2.33. The molecule has 3 heteroatoms. The third kappa shape index (κ3) is 5.52. The Kier molecular flexibility index (Phi) is 6.76. The number of aryl methyl sites for hydroxylation is 1. The normalized spacial score (nSPS) is 10.9. The van der Waals surface area contributed by atoms with Gasteiger partial charge in [0.25, 0.3) is 0 Å². The highest BCUT2D eigenvalue weighted by atomic mass is 16.5. The van der Waals surface area contributed by atoms with E-state index in [-0.39, 0.29) is 6.10 Å². The van der Waals surface area contributed by atoms with Crippen molar-refractivity contribution in [1.29, 1.82) is 0 Å². The van der Waals surface area contributed by atoms with Gasteiger partial charge in [0.15, 0.2) is 0 Å². The van der Waals surface area contributed by atoms with E-state index < -0.39 is 0 Å². The van der Waals surface area contributed by atoms with E-state index in [0.717, 1.165) is 18.8 Å². The second kappa shape index (κ2) is 8.11. The summed E-state index contributed by atoms with van der Waals surface area (Å²) in [6.45, 7) is 11.3. The van der Waals surface area contributed by atoms with Gasteiger partial charge in [-0.1, -0.05) is 24.6 Å². The highest BCUT2D eigenvalue weighted by molar-refractivity contribution is 5.36. The Morgan fingerprint density at radius 3 is 2.67 bits per heavy atom. The van der Waals surface area contributed by atoms with E-state index in [9.17, 15) is 0 Å². The summed E-state index contributed by atoms with van der Waals surface area (Å²) in [7, 11) is 0. The molecule has 0 saturated heterocycles. The van der Waals surface area contributed by atoms with Gasteiger partial charge in [-0.3, -0.25) is 0 Å². The highest BCUT2D eigenvalue weighted by Crippen LogP contribution is 2.19. The molecule has 1 aromatic carbocycles. The molecule has 102 valence electrons. The van der Waals surface area contributed by atoms with Gasteiger partial charge in [0.2, 0.25) is 0 Å². The second-order valence-corrected chi connectivity index (χ2v) is 4.66. The molecule has 0 atom stereocenters. The second-order valence-electron chi connectivity index (χ2n) is 4.66. The average molecular weight is 251 g/mol. The Morgan fingerprint density at radius 1 is 1.22 bits per heavy atom. The van der Waals surface area contributed by atoms with Crippen LogP contribution in [0.5, 0.6) is 5.75 Å². The lowest BCUT2D eigenvalue weighted by atomic mass is 10.1. The molecule has 0 aliphatic rings. The minimum atomic E-state index is 0.257. The Balaban J connectivity index is 2.52. The first-order chi connectivity index (χ1) is 8.63. The van der Waals surface area contributed by atoms with Crippen LogP contribution in [0.1, 0.15) is 31.9 Å². The summed E-state index contributed by atoms with van der Waals surface area (Å²) >= 11 is 0. The Bertz CT molecular complexity index is 350. The smallest absolute Gasteiger partial charge is 0.123 e. The summed E-state index contributed by atoms with van der Waals surface area (Å²) in [5.41, 5.74) is 2.47. The molecule has 1 N–H and O–H groups in total. The monoisotopic (exact) mass is 251 g/mol. The number of rotatable bonds is 8. The number of nitrogens with one attached hydrogen (secondary N) is 1. The lowest BCUT2D eigenvalue weighted by Crippen LogP contribution is -2.15. The maximum Gasteiger partial charge on any atom is 0.123 e. The lowest BCUT2D eigenvalue weighted by molar-refractivity contribution is 0.0550. The fourth-order valence-electron chi connectivity index (χ4n) is 1.68. The van der Waals surface area contributed by atoms with Crippen molar-refractivity contribution in [3.8, 4) is 5.75 Å². The quantitative estimate of drug-likeness (QED) is 0.721. The number of hydrogen-bond donors (Lipinski definition) is 1. The topological polar surface area (TPSA) is 30.5 Å². The van der Waals surface area contributed by atoms with E-state index in [2.05, 4.69) is 31.3 Å². The minimum absolute atomic E-state index is 0.257. The SMILES string of the molecule is CCNCc1cc(C)ccc1OCCOC(C)C. The molecule has 0 radical (unpaired) electrons. The summed E-state index contributed by atoms with van der Waals surface area (Å²) in [6.07, 6.45) is 0.257. The molecule has 0 saturated carbocycles. The van der Waals surface area contributed by atoms with Crippen LogP contribution in [0.15, 0.2) is 18.2 Å². The first-order valence-electron chi connectivity index (χ1n) is 6.68. The summed E-state index contributed by atoms with van der Waals surface area (Å²) in [5.74, 6) is 0.953. The van der Waals surface area contributed by atoms with E-state index >= 15 is 0 Å². The molecule has 0 amide bonds. The van der Waals surface area contributed by atoms with Gasteiger partial charge in [0.05, 0.1) is 12.7 Å². The van der Waals surface area contributed by atoms with Gasteiger partial charge >= 0.3 is 0 Å². The maximum absolute atomic E-state index is 5.77. The number of benzene rings is 1. The van der Waals surface area contributed by atoms with Gasteiger partial charge in [-0.15, -0.1) is 0 Å². The minimum Gasteiger partial charge on any atom is -0.491 e. The standard InChI is InChI=1S/C15H25NO2/c1-5-16-11-14-10-13(4)6-7-15(14)18-9-8-17-12(2)3/h6-7,10,12,16H,5,8-9,11H2,1-4H3. The first-order valence-corrected chi connectivity index (χ1v) is 6.68. The fourth-order valence-corrected chi connectivity index (χ4v) is 1.68. The predicted octanol–water partition coefficient (Wildman–Crippen LogP) is 2.91. The molecule has 0 fully saturated rings. The summed E-state index contributed by atoms with van der Waals surface area (Å²) in [6, 6.07) is 6.28. The zero-order chi connectivity index (χ0) is 13.4. The van der Waals surface area contributed by atoms with Crippen LogP contribution in [0.4, 0.5) is 0 Å². The number of hydrogen-bond acceptors (Lipinski definition) is 3. The zero-order valence-corrected chi connectivity index (χ0v) is 12.0. The van der Waals surface area contributed by atoms with Gasteiger partial charge in [0, 0.05) is 12.1 Å². The third-order valence-corrected chi connectivity index (χ3v) is 2.57. The summed E-state index contributed by atoms with van der Waals surface area (Å²) < 4.78 is 11.2. The molecule has 0 aromatic heterocycles. The van der Waals surface area contributed by atoms with Crippen molar-refractivity contribution in [2.24, 2.45) is 0 Å². The van der Waals surface area contributed by atoms with Gasteiger partial charge in [-0.2, -0.15) is 0 Å². The third-order valence-electron chi connectivity index (χ3n) is 2.57. The van der Waals surface area contributed by atoms with Crippen LogP contribution in [0.3, 0.4) is 0 Å². The number of ether oxygens (including phenoxy) is 2. The van der Waals surface area contributed by atoms with Crippen LogP contribution in [-0.2, 0) is 11.3 Å². The molecule has 0 heterocycles. The van der Waals surface area contributed by atoms with Gasteiger partial charge in [-0.05, 0) is 33.4 Å². The molecule has 3 nitrogen and oxygen atoms in total. The van der Waals surface area contributed by atoms with E-state index in [1.54, 1.807) is 0 Å². The van der Waals surface area contributed by atoms with Crippen LogP contribution in [0, 0.1) is 6.92 Å². The summed E-state index contributed by atoms with van der Waals surface area (Å²) in [5, 5.41) is 3.33. The fraction of sp³-hybridized carbons (Fsp3) is 0.600. The Hall–Kier alpha value is -1.06. The van der Waals surface area contributed by atoms with Crippen molar-refractivity contribution < 1.29 is 9.47 Å². The Morgan fingerprint density at radius 2 is 2.00 bits per heavy atom. The van der Waals surface area contributed by atoms with E-state index in [0.29, 0.717) is 13.2 Å². The molecule has 0 unspecified atom stereocenters. The molecular formula is C15H25NO2. The molecule has 0 bridgehead atoms. The molecule has 0 aliphatic heterocycles. The van der Waals surface area contributed by atoms with Crippen LogP contribution >= 0.6 is 0 Å². The van der Waals surface area contributed by atoms with Crippen LogP contribution in [0.2, 0.25) is 0 Å². The van der Waals surface area contributed by atoms with Crippen molar-refractivity contribution >= 4 is 0 Å². The maximum atomic E-state index is 5.77. The van der Waals surface area contributed by atoms with Crippen LogP contribution in [0.25, 0.3) is 0 Å². The molecule has 1 rings (SSSR count). The van der Waals surface area contributed by atoms with Crippen molar-refractivity contribution in [1.82, 2.24) is 5.32 Å². The van der Waals surface area contributed by atoms with E-state index in [1.807, 2.05) is 19.9 Å². The largest absolute Gasteiger partial charge is 0.491 e. The van der Waals surface area contributed by atoms with Crippen molar-refractivity contribution in [3.05, 3.63) is 29.3 Å². The van der Waals surface area contributed by atoms with Crippen molar-refractivity contribution in [3.63, 3.8) is 0 Å². The van der Waals surface area contributed by atoms with Crippen LogP contribution < -0.4 is 10.1 Å². The highest BCUT2D eigenvalue weighted by Gasteiger charge is 2.04. The molecule has 0 aliphatic carbocycles. The molecule has 1 aromatic rings. The van der Waals surface area contributed by atoms with Crippen molar-refractivity contribution in [2.45, 2.75) is 40.3 Å². The van der Waals surface area contributed by atoms with E-state index in [1.165, 1.54) is 11.1 Å². The molecule has 0 spiro atoms.